The van der Waals surface area contributed by atoms with Crippen LogP contribution < -0.4 is 10.6 Å². The Bertz CT molecular complexity index is 402. The summed E-state index contributed by atoms with van der Waals surface area (Å²) in [5, 5.41) is 6.60. The van der Waals surface area contributed by atoms with Crippen LogP contribution in [0.5, 0.6) is 0 Å². The molecule has 0 unspecified atom stereocenters. The second kappa shape index (κ2) is 5.51. The number of H-pyrrole nitrogens is 1. The van der Waals surface area contributed by atoms with Gasteiger partial charge in [-0.2, -0.15) is 0 Å². The van der Waals surface area contributed by atoms with E-state index in [2.05, 4.69) is 27.5 Å². The van der Waals surface area contributed by atoms with E-state index >= 15 is 0 Å². The Morgan fingerprint density at radius 1 is 1.19 bits per heavy atom. The molecule has 4 heteroatoms. The Morgan fingerprint density at radius 2 is 2.06 bits per heavy atom. The maximum atomic E-state index is 4.44. The van der Waals surface area contributed by atoms with Crippen LogP contribution in [0.4, 0.5) is 5.95 Å². The minimum atomic E-state index is 0.847. The minimum absolute atomic E-state index is 0.847. The number of hydrogen-bond acceptors (Lipinski definition) is 3. The van der Waals surface area contributed by atoms with Gasteiger partial charge in [-0.3, -0.25) is 0 Å². The van der Waals surface area contributed by atoms with Gasteiger partial charge in [0, 0.05) is 13.1 Å². The van der Waals surface area contributed by atoms with Crippen molar-refractivity contribution in [2.75, 3.05) is 25.0 Å². The van der Waals surface area contributed by atoms with Gasteiger partial charge in [0.15, 0.2) is 0 Å². The van der Waals surface area contributed by atoms with Crippen LogP contribution in [0.1, 0.15) is 13.3 Å². The Kier molecular flexibility index (Phi) is 3.77. The number of aromatic amines is 1. The van der Waals surface area contributed by atoms with Crippen LogP contribution >= 0.6 is 0 Å². The van der Waals surface area contributed by atoms with Gasteiger partial charge in [0.1, 0.15) is 0 Å². The first-order chi connectivity index (χ1) is 7.90. The van der Waals surface area contributed by atoms with E-state index in [1.165, 1.54) is 6.42 Å². The number of rotatable bonds is 6. The van der Waals surface area contributed by atoms with Crippen molar-refractivity contribution in [3.8, 4) is 0 Å². The quantitative estimate of drug-likeness (QED) is 0.650. The van der Waals surface area contributed by atoms with Crippen LogP contribution in [0, 0.1) is 0 Å². The number of imidazole rings is 1. The average Bonchev–Trinajstić information content (AvgIpc) is 2.71. The van der Waals surface area contributed by atoms with Crippen molar-refractivity contribution in [2.24, 2.45) is 0 Å². The van der Waals surface area contributed by atoms with E-state index in [9.17, 15) is 0 Å². The molecule has 3 N–H and O–H groups in total. The molecule has 0 fully saturated rings. The van der Waals surface area contributed by atoms with Crippen molar-refractivity contribution in [1.82, 2.24) is 15.3 Å². The summed E-state index contributed by atoms with van der Waals surface area (Å²) in [6, 6.07) is 8.04. The molecule has 16 heavy (non-hydrogen) atoms. The minimum Gasteiger partial charge on any atom is -0.355 e. The first-order valence-electron chi connectivity index (χ1n) is 5.79. The summed E-state index contributed by atoms with van der Waals surface area (Å²) in [4.78, 5) is 7.67. The van der Waals surface area contributed by atoms with Crippen LogP contribution in [0.15, 0.2) is 24.3 Å². The molecule has 1 aromatic heterocycles. The zero-order valence-corrected chi connectivity index (χ0v) is 9.59. The molecule has 0 saturated heterocycles. The molecule has 0 saturated carbocycles. The molecule has 0 radical (unpaired) electrons. The van der Waals surface area contributed by atoms with E-state index in [1.807, 2.05) is 24.3 Å². The Balaban J connectivity index is 1.85. The molecule has 86 valence electrons. The summed E-state index contributed by atoms with van der Waals surface area (Å²) >= 11 is 0. The summed E-state index contributed by atoms with van der Waals surface area (Å²) < 4.78 is 0. The van der Waals surface area contributed by atoms with Gasteiger partial charge in [0.25, 0.3) is 0 Å². The lowest BCUT2D eigenvalue weighted by Crippen LogP contribution is -2.23. The van der Waals surface area contributed by atoms with Gasteiger partial charge < -0.3 is 15.6 Å². The highest BCUT2D eigenvalue weighted by atomic mass is 15.1. The fourth-order valence-electron chi connectivity index (χ4n) is 1.61. The Hall–Kier alpha value is -1.55. The lowest BCUT2D eigenvalue weighted by Gasteiger charge is -2.03. The molecule has 2 aromatic rings. The van der Waals surface area contributed by atoms with Crippen molar-refractivity contribution in [3.05, 3.63) is 24.3 Å². The number of aromatic nitrogens is 2. The number of anilines is 1. The fourth-order valence-corrected chi connectivity index (χ4v) is 1.61. The van der Waals surface area contributed by atoms with Gasteiger partial charge in [0.2, 0.25) is 5.95 Å². The monoisotopic (exact) mass is 218 g/mol. The predicted molar refractivity (Wildman–Crippen MR) is 67.7 cm³/mol. The summed E-state index contributed by atoms with van der Waals surface area (Å²) in [7, 11) is 0. The summed E-state index contributed by atoms with van der Waals surface area (Å²) in [5.74, 6) is 0.847. The van der Waals surface area contributed by atoms with Gasteiger partial charge in [-0.15, -0.1) is 0 Å². The van der Waals surface area contributed by atoms with E-state index in [0.29, 0.717) is 0 Å². The van der Waals surface area contributed by atoms with Crippen LogP contribution in [0.3, 0.4) is 0 Å². The largest absolute Gasteiger partial charge is 0.355 e. The lowest BCUT2D eigenvalue weighted by atomic mass is 10.3. The molecular formula is C12H18N4. The summed E-state index contributed by atoms with van der Waals surface area (Å²) in [6.07, 6.45) is 1.17. The van der Waals surface area contributed by atoms with Crippen molar-refractivity contribution >= 4 is 17.0 Å². The molecule has 0 bridgehead atoms. The molecule has 1 aromatic carbocycles. The molecule has 0 amide bonds. The third-order valence-electron chi connectivity index (χ3n) is 2.41. The number of benzene rings is 1. The highest BCUT2D eigenvalue weighted by Crippen LogP contribution is 2.12. The molecule has 2 rings (SSSR count). The van der Waals surface area contributed by atoms with E-state index < -0.39 is 0 Å². The normalized spacial score (nSPS) is 10.8. The predicted octanol–water partition coefficient (Wildman–Crippen LogP) is 1.97. The first kappa shape index (κ1) is 11.0. The first-order valence-corrected chi connectivity index (χ1v) is 5.79. The molecule has 0 aliphatic carbocycles. The van der Waals surface area contributed by atoms with Gasteiger partial charge in [-0.25, -0.2) is 4.98 Å². The lowest BCUT2D eigenvalue weighted by molar-refractivity contribution is 0.686. The van der Waals surface area contributed by atoms with Crippen molar-refractivity contribution in [2.45, 2.75) is 13.3 Å². The van der Waals surface area contributed by atoms with E-state index in [0.717, 1.165) is 36.6 Å². The van der Waals surface area contributed by atoms with E-state index in [1.54, 1.807) is 0 Å². The molecule has 0 aliphatic heterocycles. The Labute approximate surface area is 95.5 Å². The topological polar surface area (TPSA) is 52.7 Å². The van der Waals surface area contributed by atoms with Gasteiger partial charge in [0.05, 0.1) is 11.0 Å². The zero-order valence-electron chi connectivity index (χ0n) is 9.59. The number of para-hydroxylation sites is 2. The van der Waals surface area contributed by atoms with Crippen LogP contribution in [0.25, 0.3) is 11.0 Å². The van der Waals surface area contributed by atoms with Crippen LogP contribution in [0.2, 0.25) is 0 Å². The molecule has 0 atom stereocenters. The second-order valence-electron chi connectivity index (χ2n) is 3.78. The highest BCUT2D eigenvalue weighted by Gasteiger charge is 1.99. The van der Waals surface area contributed by atoms with E-state index in [4.69, 9.17) is 0 Å². The second-order valence-corrected chi connectivity index (χ2v) is 3.78. The zero-order chi connectivity index (χ0) is 11.2. The van der Waals surface area contributed by atoms with Crippen LogP contribution in [-0.4, -0.2) is 29.6 Å². The molecule has 0 aliphatic rings. The number of fused-ring (bicyclic) bond motifs is 1. The third kappa shape index (κ3) is 2.73. The SMILES string of the molecule is CCCNCCNc1nc2ccccc2[nH]1. The molecule has 0 spiro atoms. The standard InChI is InChI=1S/C12H18N4/c1-2-7-13-8-9-14-12-15-10-5-3-4-6-11(10)16-12/h3-6,13H,2,7-9H2,1H3,(H2,14,15,16). The number of nitrogens with one attached hydrogen (secondary N) is 3. The van der Waals surface area contributed by atoms with Crippen molar-refractivity contribution in [3.63, 3.8) is 0 Å². The van der Waals surface area contributed by atoms with Crippen molar-refractivity contribution in [1.29, 1.82) is 0 Å². The highest BCUT2D eigenvalue weighted by molar-refractivity contribution is 5.77. The maximum Gasteiger partial charge on any atom is 0.201 e. The van der Waals surface area contributed by atoms with Crippen molar-refractivity contribution < 1.29 is 0 Å². The summed E-state index contributed by atoms with van der Waals surface area (Å²) in [5.41, 5.74) is 2.08. The smallest absolute Gasteiger partial charge is 0.201 e. The van der Waals surface area contributed by atoms with Crippen LogP contribution in [-0.2, 0) is 0 Å². The fraction of sp³-hybridized carbons (Fsp3) is 0.417. The molecule has 4 nitrogen and oxygen atoms in total. The van der Waals surface area contributed by atoms with Gasteiger partial charge in [-0.1, -0.05) is 19.1 Å². The number of hydrogen-bond donors (Lipinski definition) is 3. The van der Waals surface area contributed by atoms with Gasteiger partial charge in [-0.05, 0) is 25.1 Å². The maximum absolute atomic E-state index is 4.44. The third-order valence-corrected chi connectivity index (χ3v) is 2.41. The average molecular weight is 218 g/mol. The molecule has 1 heterocycles. The number of nitrogens with zero attached hydrogens (tertiary/aromatic N) is 1. The molecular weight excluding hydrogens is 200 g/mol. The Morgan fingerprint density at radius 3 is 2.88 bits per heavy atom. The van der Waals surface area contributed by atoms with Gasteiger partial charge >= 0.3 is 0 Å². The summed E-state index contributed by atoms with van der Waals surface area (Å²) in [6.45, 7) is 5.09. The van der Waals surface area contributed by atoms with E-state index in [-0.39, 0.29) is 0 Å².